The van der Waals surface area contributed by atoms with Crippen LogP contribution >= 0.6 is 0 Å². The minimum atomic E-state index is -0.222. The molecule has 0 radical (unpaired) electrons. The molecule has 1 aromatic carbocycles. The van der Waals surface area contributed by atoms with Crippen molar-refractivity contribution in [2.75, 3.05) is 33.2 Å². The normalized spacial score (nSPS) is 17.7. The summed E-state index contributed by atoms with van der Waals surface area (Å²) in [6, 6.07) is 7.62. The number of hydrogen-bond donors (Lipinski definition) is 2. The predicted octanol–water partition coefficient (Wildman–Crippen LogP) is 0.0375. The molecule has 0 saturated carbocycles. The third kappa shape index (κ3) is 3.07. The van der Waals surface area contributed by atoms with Crippen molar-refractivity contribution in [2.45, 2.75) is 6.54 Å². The number of piperazine rings is 1. The van der Waals surface area contributed by atoms with E-state index in [1.807, 2.05) is 24.3 Å². The number of rotatable bonds is 3. The van der Waals surface area contributed by atoms with Crippen LogP contribution in [-0.2, 0) is 6.54 Å². The third-order valence-electron chi connectivity index (χ3n) is 3.38. The van der Waals surface area contributed by atoms with Gasteiger partial charge in [-0.3, -0.25) is 15.1 Å². The van der Waals surface area contributed by atoms with Crippen LogP contribution in [0.3, 0.4) is 0 Å². The molecule has 1 saturated heterocycles. The minimum Gasteiger partial charge on any atom is -0.304 e. The van der Waals surface area contributed by atoms with Gasteiger partial charge < -0.3 is 4.90 Å². The smallest absolute Gasteiger partial charge is 0.265 e. The number of hydrogen-bond acceptors (Lipinski definition) is 4. The highest BCUT2D eigenvalue weighted by atomic mass is 16.2. The number of nitrogens with one attached hydrogen (secondary N) is 1. The molecule has 1 amide bonds. The first-order valence-electron chi connectivity index (χ1n) is 6.20. The number of nitrogens with two attached hydrogens (primary N) is 1. The molecule has 3 N–H and O–H groups in total. The number of carbonyl (C=O) groups is 1. The van der Waals surface area contributed by atoms with Crippen LogP contribution in [-0.4, -0.2) is 48.9 Å². The van der Waals surface area contributed by atoms with Gasteiger partial charge in [-0.1, -0.05) is 18.2 Å². The van der Waals surface area contributed by atoms with Crippen LogP contribution in [0, 0.1) is 0 Å². The van der Waals surface area contributed by atoms with E-state index in [0.717, 1.165) is 38.3 Å². The third-order valence-corrected chi connectivity index (χ3v) is 3.38. The van der Waals surface area contributed by atoms with Crippen molar-refractivity contribution in [1.82, 2.24) is 15.2 Å². The molecule has 18 heavy (non-hydrogen) atoms. The Hall–Kier alpha value is -1.43. The van der Waals surface area contributed by atoms with E-state index in [1.165, 1.54) is 0 Å². The summed E-state index contributed by atoms with van der Waals surface area (Å²) in [7, 11) is 2.13. The van der Waals surface area contributed by atoms with Gasteiger partial charge in [0, 0.05) is 38.3 Å². The number of hydrazine groups is 1. The van der Waals surface area contributed by atoms with Gasteiger partial charge in [-0.2, -0.15) is 0 Å². The van der Waals surface area contributed by atoms with E-state index in [9.17, 15) is 4.79 Å². The van der Waals surface area contributed by atoms with E-state index < -0.39 is 0 Å². The first kappa shape index (κ1) is 13.0. The van der Waals surface area contributed by atoms with Gasteiger partial charge in [-0.25, -0.2) is 5.84 Å². The maximum Gasteiger partial charge on any atom is 0.265 e. The van der Waals surface area contributed by atoms with E-state index in [4.69, 9.17) is 5.84 Å². The maximum atomic E-state index is 11.7. The average Bonchev–Trinajstić information content (AvgIpc) is 2.41. The summed E-state index contributed by atoms with van der Waals surface area (Å²) < 4.78 is 0. The molecule has 0 aliphatic carbocycles. The summed E-state index contributed by atoms with van der Waals surface area (Å²) in [6.07, 6.45) is 0. The van der Waals surface area contributed by atoms with Gasteiger partial charge in [0.05, 0.1) is 0 Å². The molecule has 1 aliphatic heterocycles. The number of benzene rings is 1. The van der Waals surface area contributed by atoms with Gasteiger partial charge in [0.25, 0.3) is 5.91 Å². The minimum absolute atomic E-state index is 0.222. The number of amides is 1. The monoisotopic (exact) mass is 248 g/mol. The molecular weight excluding hydrogens is 228 g/mol. The molecule has 1 aliphatic rings. The van der Waals surface area contributed by atoms with Crippen LogP contribution in [0.4, 0.5) is 0 Å². The zero-order valence-corrected chi connectivity index (χ0v) is 10.7. The Morgan fingerprint density at radius 1 is 1.28 bits per heavy atom. The lowest BCUT2D eigenvalue weighted by molar-refractivity contribution is 0.0950. The van der Waals surface area contributed by atoms with E-state index in [0.29, 0.717) is 5.56 Å². The van der Waals surface area contributed by atoms with Crippen molar-refractivity contribution in [3.8, 4) is 0 Å². The van der Waals surface area contributed by atoms with E-state index >= 15 is 0 Å². The summed E-state index contributed by atoms with van der Waals surface area (Å²) >= 11 is 0. The van der Waals surface area contributed by atoms with Crippen molar-refractivity contribution in [2.24, 2.45) is 5.84 Å². The number of nitrogens with zero attached hydrogens (tertiary/aromatic N) is 2. The lowest BCUT2D eigenvalue weighted by Gasteiger charge is -2.32. The Kier molecular flexibility index (Phi) is 4.30. The largest absolute Gasteiger partial charge is 0.304 e. The van der Waals surface area contributed by atoms with Crippen LogP contribution < -0.4 is 11.3 Å². The number of carbonyl (C=O) groups excluding carboxylic acids is 1. The van der Waals surface area contributed by atoms with Crippen LogP contribution in [0.25, 0.3) is 0 Å². The van der Waals surface area contributed by atoms with Crippen molar-refractivity contribution >= 4 is 5.91 Å². The first-order valence-corrected chi connectivity index (χ1v) is 6.20. The molecule has 0 atom stereocenters. The fourth-order valence-corrected chi connectivity index (χ4v) is 2.20. The summed E-state index contributed by atoms with van der Waals surface area (Å²) in [6.45, 7) is 5.03. The molecule has 98 valence electrons. The van der Waals surface area contributed by atoms with Gasteiger partial charge in [0.2, 0.25) is 0 Å². The van der Waals surface area contributed by atoms with Crippen LogP contribution in [0.5, 0.6) is 0 Å². The highest BCUT2D eigenvalue weighted by molar-refractivity contribution is 5.95. The molecule has 0 aromatic heterocycles. The molecule has 2 rings (SSSR count). The molecule has 1 aromatic rings. The molecule has 0 bridgehead atoms. The van der Waals surface area contributed by atoms with Crippen LogP contribution in [0.1, 0.15) is 15.9 Å². The van der Waals surface area contributed by atoms with Gasteiger partial charge in [0.1, 0.15) is 0 Å². The Balaban J connectivity index is 2.07. The predicted molar refractivity (Wildman–Crippen MR) is 70.9 cm³/mol. The highest BCUT2D eigenvalue weighted by Crippen LogP contribution is 2.13. The Bertz CT molecular complexity index is 413. The Morgan fingerprint density at radius 2 is 1.94 bits per heavy atom. The second kappa shape index (κ2) is 5.95. The molecule has 1 heterocycles. The first-order chi connectivity index (χ1) is 8.70. The lowest BCUT2D eigenvalue weighted by atomic mass is 10.1. The molecule has 0 spiro atoms. The summed E-state index contributed by atoms with van der Waals surface area (Å²) in [5.74, 6) is 4.98. The summed E-state index contributed by atoms with van der Waals surface area (Å²) in [4.78, 5) is 16.3. The SMILES string of the molecule is CN1CCN(Cc2ccccc2C(=O)NN)CC1. The quantitative estimate of drug-likeness (QED) is 0.450. The molecule has 5 nitrogen and oxygen atoms in total. The van der Waals surface area contributed by atoms with Crippen molar-refractivity contribution < 1.29 is 4.79 Å². The fourth-order valence-electron chi connectivity index (χ4n) is 2.20. The van der Waals surface area contributed by atoms with Gasteiger partial charge >= 0.3 is 0 Å². The van der Waals surface area contributed by atoms with E-state index in [-0.39, 0.29) is 5.91 Å². The Labute approximate surface area is 108 Å². The van der Waals surface area contributed by atoms with Crippen molar-refractivity contribution in [1.29, 1.82) is 0 Å². The zero-order chi connectivity index (χ0) is 13.0. The molecule has 1 fully saturated rings. The van der Waals surface area contributed by atoms with Crippen LogP contribution in [0.2, 0.25) is 0 Å². The molecule has 5 heteroatoms. The summed E-state index contributed by atoms with van der Waals surface area (Å²) in [5.41, 5.74) is 3.90. The second-order valence-electron chi connectivity index (χ2n) is 4.71. The zero-order valence-electron chi connectivity index (χ0n) is 10.7. The summed E-state index contributed by atoms with van der Waals surface area (Å²) in [5, 5.41) is 0. The maximum absolute atomic E-state index is 11.7. The number of nitrogen functional groups attached to an aromatic ring is 1. The second-order valence-corrected chi connectivity index (χ2v) is 4.71. The fraction of sp³-hybridized carbons (Fsp3) is 0.462. The molecule has 0 unspecified atom stereocenters. The average molecular weight is 248 g/mol. The van der Waals surface area contributed by atoms with Gasteiger partial charge in [-0.05, 0) is 18.7 Å². The van der Waals surface area contributed by atoms with Gasteiger partial charge in [-0.15, -0.1) is 0 Å². The topological polar surface area (TPSA) is 61.6 Å². The Morgan fingerprint density at radius 3 is 2.61 bits per heavy atom. The van der Waals surface area contributed by atoms with E-state index in [1.54, 1.807) is 0 Å². The standard InChI is InChI=1S/C13H20N4O/c1-16-6-8-17(9-7-16)10-11-4-2-3-5-12(11)13(18)15-14/h2-5H,6-10,14H2,1H3,(H,15,18). The van der Waals surface area contributed by atoms with Gasteiger partial charge in [0.15, 0.2) is 0 Å². The van der Waals surface area contributed by atoms with Crippen molar-refractivity contribution in [3.63, 3.8) is 0 Å². The van der Waals surface area contributed by atoms with Crippen molar-refractivity contribution in [3.05, 3.63) is 35.4 Å². The van der Waals surface area contributed by atoms with E-state index in [2.05, 4.69) is 22.3 Å². The molecular formula is C13H20N4O. The van der Waals surface area contributed by atoms with Crippen LogP contribution in [0.15, 0.2) is 24.3 Å². The lowest BCUT2D eigenvalue weighted by Crippen LogP contribution is -2.44. The highest BCUT2D eigenvalue weighted by Gasteiger charge is 2.16. The number of likely N-dealkylation sites (N-methyl/N-ethyl adjacent to an activating group) is 1.